The molecular formula is C87H170O17P2. The summed E-state index contributed by atoms with van der Waals surface area (Å²) < 4.78 is 68.9. The van der Waals surface area contributed by atoms with Crippen molar-refractivity contribution in [1.29, 1.82) is 0 Å². The average Bonchev–Trinajstić information content (AvgIpc) is 0.902. The van der Waals surface area contributed by atoms with Gasteiger partial charge in [0.15, 0.2) is 12.2 Å². The van der Waals surface area contributed by atoms with Gasteiger partial charge in [-0.25, -0.2) is 9.13 Å². The Labute approximate surface area is 651 Å². The van der Waals surface area contributed by atoms with Crippen molar-refractivity contribution in [1.82, 2.24) is 0 Å². The van der Waals surface area contributed by atoms with Crippen LogP contribution in [0.25, 0.3) is 0 Å². The number of phosphoric ester groups is 2. The van der Waals surface area contributed by atoms with Gasteiger partial charge in [-0.2, -0.15) is 0 Å². The molecule has 0 radical (unpaired) electrons. The quantitative estimate of drug-likeness (QED) is 0.0222. The molecule has 3 N–H and O–H groups in total. The van der Waals surface area contributed by atoms with Crippen molar-refractivity contribution < 1.29 is 80.2 Å². The van der Waals surface area contributed by atoms with Gasteiger partial charge < -0.3 is 33.8 Å². The molecule has 19 heteroatoms. The number of esters is 4. The Morgan fingerprint density at radius 1 is 0.255 bits per heavy atom. The minimum absolute atomic E-state index is 0.108. The van der Waals surface area contributed by atoms with E-state index >= 15 is 0 Å². The fourth-order valence-corrected chi connectivity index (χ4v) is 15.2. The maximum absolute atomic E-state index is 13.2. The first-order valence-corrected chi connectivity index (χ1v) is 48.0. The van der Waals surface area contributed by atoms with E-state index in [4.69, 9.17) is 37.0 Å². The molecule has 0 spiro atoms. The van der Waals surface area contributed by atoms with E-state index in [9.17, 15) is 43.2 Å². The van der Waals surface area contributed by atoms with Gasteiger partial charge in [0.2, 0.25) is 0 Å². The van der Waals surface area contributed by atoms with Crippen LogP contribution in [0.2, 0.25) is 0 Å². The maximum atomic E-state index is 13.2. The van der Waals surface area contributed by atoms with Crippen LogP contribution in [0, 0.1) is 11.8 Å². The van der Waals surface area contributed by atoms with Gasteiger partial charge in [-0.05, 0) is 37.5 Å². The molecule has 0 fully saturated rings. The number of hydrogen-bond donors (Lipinski definition) is 3. The smallest absolute Gasteiger partial charge is 0.462 e. The molecule has 630 valence electrons. The van der Waals surface area contributed by atoms with Crippen LogP contribution >= 0.6 is 15.6 Å². The van der Waals surface area contributed by atoms with Gasteiger partial charge in [0.25, 0.3) is 0 Å². The highest BCUT2D eigenvalue weighted by molar-refractivity contribution is 7.47. The Hall–Kier alpha value is -1.94. The lowest BCUT2D eigenvalue weighted by Crippen LogP contribution is -2.30. The topological polar surface area (TPSA) is 237 Å². The average molecular weight is 1550 g/mol. The van der Waals surface area contributed by atoms with E-state index in [1.165, 1.54) is 283 Å². The summed E-state index contributed by atoms with van der Waals surface area (Å²) in [5.74, 6) is -0.458. The molecule has 2 unspecified atom stereocenters. The molecule has 5 atom stereocenters. The van der Waals surface area contributed by atoms with Gasteiger partial charge in [-0.3, -0.25) is 37.3 Å². The first kappa shape index (κ1) is 104. The molecule has 0 aromatic rings. The van der Waals surface area contributed by atoms with Crippen LogP contribution in [0.15, 0.2) is 0 Å². The second kappa shape index (κ2) is 78.3. The highest BCUT2D eigenvalue weighted by atomic mass is 31.2. The van der Waals surface area contributed by atoms with Crippen molar-refractivity contribution in [2.45, 2.75) is 484 Å². The van der Waals surface area contributed by atoms with E-state index in [1.807, 2.05) is 0 Å². The molecule has 0 rings (SSSR count). The molecule has 0 saturated heterocycles. The predicted molar refractivity (Wildman–Crippen MR) is 437 cm³/mol. The van der Waals surface area contributed by atoms with E-state index in [1.54, 1.807) is 0 Å². The third-order valence-corrected chi connectivity index (χ3v) is 22.4. The second-order valence-electron chi connectivity index (χ2n) is 32.2. The minimum Gasteiger partial charge on any atom is -0.462 e. The molecule has 17 nitrogen and oxygen atoms in total. The fourth-order valence-electron chi connectivity index (χ4n) is 13.6. The van der Waals surface area contributed by atoms with Crippen molar-refractivity contribution in [3.8, 4) is 0 Å². The Morgan fingerprint density at radius 3 is 0.642 bits per heavy atom. The van der Waals surface area contributed by atoms with Crippen molar-refractivity contribution in [3.05, 3.63) is 0 Å². The Balaban J connectivity index is 5.20. The number of phosphoric acid groups is 2. The number of carbonyl (C=O) groups is 4. The zero-order valence-electron chi connectivity index (χ0n) is 69.7. The molecule has 0 aromatic carbocycles. The SMILES string of the molecule is CCCCCCCCCCCCCCCCCC(=O)O[C@H](COC(=O)CCCCCCCCCCC)COP(=O)(O)OC[C@H](O)COP(=O)(O)OC[C@@H](COC(=O)CCCCCCCCCCCCCCCCCCCCC(C)C)OC(=O)CCCCCCCCCCCCCCCCCCCCC(C)C. The van der Waals surface area contributed by atoms with Crippen LogP contribution in [0.5, 0.6) is 0 Å². The van der Waals surface area contributed by atoms with E-state index < -0.39 is 97.5 Å². The second-order valence-corrected chi connectivity index (χ2v) is 35.1. The van der Waals surface area contributed by atoms with Crippen LogP contribution in [0.1, 0.15) is 465 Å². The number of hydrogen-bond acceptors (Lipinski definition) is 15. The minimum atomic E-state index is -4.97. The van der Waals surface area contributed by atoms with E-state index in [0.29, 0.717) is 25.7 Å². The molecule has 0 aliphatic rings. The van der Waals surface area contributed by atoms with Gasteiger partial charge in [-0.1, -0.05) is 414 Å². The zero-order chi connectivity index (χ0) is 77.8. The predicted octanol–water partition coefficient (Wildman–Crippen LogP) is 26.6. The molecular weight excluding hydrogens is 1380 g/mol. The monoisotopic (exact) mass is 1550 g/mol. The van der Waals surface area contributed by atoms with Crippen molar-refractivity contribution in [2.75, 3.05) is 39.6 Å². The molecule has 0 amide bonds. The number of unbranched alkanes of at least 4 members (excludes halogenated alkanes) is 56. The lowest BCUT2D eigenvalue weighted by atomic mass is 10.0. The lowest BCUT2D eigenvalue weighted by molar-refractivity contribution is -0.161. The van der Waals surface area contributed by atoms with Gasteiger partial charge in [0, 0.05) is 25.7 Å². The number of carbonyl (C=O) groups excluding carboxylic acids is 4. The summed E-state index contributed by atoms with van der Waals surface area (Å²) in [4.78, 5) is 73.2. The van der Waals surface area contributed by atoms with Crippen LogP contribution in [-0.2, 0) is 65.4 Å². The Bertz CT molecular complexity index is 2030. The van der Waals surface area contributed by atoms with E-state index in [-0.39, 0.29) is 25.7 Å². The van der Waals surface area contributed by atoms with Crippen LogP contribution in [-0.4, -0.2) is 96.7 Å². The maximum Gasteiger partial charge on any atom is 0.472 e. The first-order chi connectivity index (χ1) is 51.4. The normalized spacial score (nSPS) is 13.8. The number of aliphatic hydroxyl groups excluding tert-OH is 1. The van der Waals surface area contributed by atoms with Crippen LogP contribution in [0.4, 0.5) is 0 Å². The molecule has 0 heterocycles. The van der Waals surface area contributed by atoms with Gasteiger partial charge in [0.1, 0.15) is 19.3 Å². The summed E-state index contributed by atoms with van der Waals surface area (Å²) >= 11 is 0. The van der Waals surface area contributed by atoms with Gasteiger partial charge in [-0.15, -0.1) is 0 Å². The molecule has 0 aliphatic heterocycles. The highest BCUT2D eigenvalue weighted by Gasteiger charge is 2.30. The highest BCUT2D eigenvalue weighted by Crippen LogP contribution is 2.45. The largest absolute Gasteiger partial charge is 0.472 e. The van der Waals surface area contributed by atoms with Crippen molar-refractivity contribution in [3.63, 3.8) is 0 Å². The van der Waals surface area contributed by atoms with Crippen LogP contribution in [0.3, 0.4) is 0 Å². The van der Waals surface area contributed by atoms with Gasteiger partial charge >= 0.3 is 39.5 Å². The standard InChI is InChI=1S/C87H170O17P2/c1-7-9-11-13-15-17-18-19-28-36-41-47-53-59-65-71-86(91)103-82(75-97-84(89)69-63-57-51-43-16-14-12-10-8-2)77-101-105(93,94)99-73-81(88)74-100-106(95,96)102-78-83(104-87(92)72-66-60-54-48-42-37-32-27-23-21-25-30-34-39-45-50-56-62-68-80(5)6)76-98-85(90)70-64-58-52-46-40-35-31-26-22-20-24-29-33-38-44-49-55-61-67-79(3)4/h79-83,88H,7-78H2,1-6H3,(H,93,94)(H,95,96)/t81-,82+,83+/m0/s1. The first-order valence-electron chi connectivity index (χ1n) is 45.0. The Kier molecular flexibility index (Phi) is 76.9. The fraction of sp³-hybridized carbons (Fsp3) is 0.954. The van der Waals surface area contributed by atoms with Crippen LogP contribution < -0.4 is 0 Å². The van der Waals surface area contributed by atoms with Crippen molar-refractivity contribution >= 4 is 39.5 Å². The van der Waals surface area contributed by atoms with Gasteiger partial charge in [0.05, 0.1) is 26.4 Å². The number of ether oxygens (including phenoxy) is 4. The third-order valence-electron chi connectivity index (χ3n) is 20.5. The summed E-state index contributed by atoms with van der Waals surface area (Å²) in [6.45, 7) is 9.74. The molecule has 106 heavy (non-hydrogen) atoms. The Morgan fingerprint density at radius 2 is 0.434 bits per heavy atom. The summed E-state index contributed by atoms with van der Waals surface area (Å²) in [6, 6.07) is 0. The summed E-state index contributed by atoms with van der Waals surface area (Å²) in [5, 5.41) is 10.7. The summed E-state index contributed by atoms with van der Waals surface area (Å²) in [5.41, 5.74) is 0. The molecule has 0 bridgehead atoms. The number of rotatable bonds is 86. The molecule has 0 saturated carbocycles. The number of aliphatic hydroxyl groups is 1. The summed E-state index contributed by atoms with van der Waals surface area (Å²) in [7, 11) is -9.93. The van der Waals surface area contributed by atoms with E-state index in [2.05, 4.69) is 41.5 Å². The third kappa shape index (κ3) is 80.1. The van der Waals surface area contributed by atoms with Crippen molar-refractivity contribution in [2.24, 2.45) is 11.8 Å². The van der Waals surface area contributed by atoms with E-state index in [0.717, 1.165) is 102 Å². The zero-order valence-corrected chi connectivity index (χ0v) is 71.5. The molecule has 0 aromatic heterocycles. The molecule has 0 aliphatic carbocycles. The lowest BCUT2D eigenvalue weighted by Gasteiger charge is -2.21. The summed E-state index contributed by atoms with van der Waals surface area (Å²) in [6.07, 6.45) is 70.9.